The van der Waals surface area contributed by atoms with Crippen LogP contribution in [0.15, 0.2) is 30.4 Å². The lowest BCUT2D eigenvalue weighted by Gasteiger charge is -2.26. The Balaban J connectivity index is 2.00. The van der Waals surface area contributed by atoms with E-state index >= 15 is 0 Å². The summed E-state index contributed by atoms with van der Waals surface area (Å²) in [6.07, 6.45) is 0.138. The molecule has 1 aliphatic rings. The van der Waals surface area contributed by atoms with Gasteiger partial charge in [-0.25, -0.2) is 0 Å². The maximum Gasteiger partial charge on any atom is 0.417 e. The highest BCUT2D eigenvalue weighted by Gasteiger charge is 2.33. The molecule has 124 valence electrons. The molecule has 1 aromatic carbocycles. The van der Waals surface area contributed by atoms with E-state index in [0.717, 1.165) is 18.6 Å². The van der Waals surface area contributed by atoms with E-state index in [4.69, 9.17) is 22.4 Å². The SMILES string of the molecule is N=C(NC(=N)N1CC=CCC1)Nc1ccc(Cl)c(C(F)(F)F)c1. The van der Waals surface area contributed by atoms with Gasteiger partial charge < -0.3 is 10.2 Å². The second kappa shape index (κ2) is 6.91. The van der Waals surface area contributed by atoms with E-state index in [0.29, 0.717) is 13.1 Å². The highest BCUT2D eigenvalue weighted by molar-refractivity contribution is 6.31. The normalized spacial score (nSPS) is 14.5. The van der Waals surface area contributed by atoms with Crippen molar-refractivity contribution in [1.82, 2.24) is 10.2 Å². The third-order valence-electron chi connectivity index (χ3n) is 3.16. The van der Waals surface area contributed by atoms with Gasteiger partial charge in [-0.1, -0.05) is 23.8 Å². The molecule has 0 unspecified atom stereocenters. The lowest BCUT2D eigenvalue weighted by atomic mass is 10.2. The second-order valence-corrected chi connectivity index (χ2v) is 5.28. The quantitative estimate of drug-likeness (QED) is 0.357. The van der Waals surface area contributed by atoms with Gasteiger partial charge in [0.1, 0.15) is 0 Å². The largest absolute Gasteiger partial charge is 0.417 e. The molecule has 23 heavy (non-hydrogen) atoms. The monoisotopic (exact) mass is 345 g/mol. The molecule has 0 saturated heterocycles. The first-order valence-corrected chi connectivity index (χ1v) is 7.13. The molecule has 0 aliphatic carbocycles. The smallest absolute Gasteiger partial charge is 0.339 e. The number of halogens is 4. The fourth-order valence-electron chi connectivity index (χ4n) is 2.04. The van der Waals surface area contributed by atoms with Gasteiger partial charge in [-0.15, -0.1) is 0 Å². The number of nitrogens with zero attached hydrogens (tertiary/aromatic N) is 1. The number of hydrogen-bond donors (Lipinski definition) is 4. The first kappa shape index (κ1) is 17.1. The Morgan fingerprint density at radius 1 is 1.22 bits per heavy atom. The highest BCUT2D eigenvalue weighted by atomic mass is 35.5. The Morgan fingerprint density at radius 3 is 2.57 bits per heavy atom. The minimum absolute atomic E-state index is 0.0110. The van der Waals surface area contributed by atoms with Crippen LogP contribution in [0.2, 0.25) is 5.02 Å². The molecular formula is C14H15ClF3N5. The van der Waals surface area contributed by atoms with E-state index in [1.165, 1.54) is 6.07 Å². The van der Waals surface area contributed by atoms with Crippen LogP contribution >= 0.6 is 11.6 Å². The predicted molar refractivity (Wildman–Crippen MR) is 84.0 cm³/mol. The van der Waals surface area contributed by atoms with Gasteiger partial charge in [-0.3, -0.25) is 16.1 Å². The summed E-state index contributed by atoms with van der Waals surface area (Å²) in [5.74, 6) is -0.281. The van der Waals surface area contributed by atoms with Crippen LogP contribution in [0.4, 0.5) is 18.9 Å². The van der Waals surface area contributed by atoms with E-state index < -0.39 is 16.8 Å². The van der Waals surface area contributed by atoms with Gasteiger partial charge in [0.05, 0.1) is 10.6 Å². The van der Waals surface area contributed by atoms with Gasteiger partial charge in [0.15, 0.2) is 11.9 Å². The lowest BCUT2D eigenvalue weighted by Crippen LogP contribution is -2.46. The standard InChI is InChI=1S/C14H15ClF3N5/c15-11-5-4-9(8-10(11)14(16,17)18)21-12(19)22-13(20)23-6-2-1-3-7-23/h1-2,4-5,8H,3,6-7H2,(H4,19,20,21,22). The van der Waals surface area contributed by atoms with E-state index in [2.05, 4.69) is 10.6 Å². The molecule has 1 aliphatic heterocycles. The first-order chi connectivity index (χ1) is 10.8. The second-order valence-electron chi connectivity index (χ2n) is 4.87. The van der Waals surface area contributed by atoms with Crippen LogP contribution in [0.25, 0.3) is 0 Å². The fraction of sp³-hybridized carbons (Fsp3) is 0.286. The molecule has 4 N–H and O–H groups in total. The summed E-state index contributed by atoms with van der Waals surface area (Å²) in [7, 11) is 0. The van der Waals surface area contributed by atoms with Gasteiger partial charge in [-0.2, -0.15) is 13.2 Å². The van der Waals surface area contributed by atoms with Crippen LogP contribution in [0.5, 0.6) is 0 Å². The summed E-state index contributed by atoms with van der Waals surface area (Å²) >= 11 is 5.54. The van der Waals surface area contributed by atoms with E-state index in [1.54, 1.807) is 4.90 Å². The van der Waals surface area contributed by atoms with Crippen molar-refractivity contribution in [3.05, 3.63) is 40.9 Å². The summed E-state index contributed by atoms with van der Waals surface area (Å²) in [6.45, 7) is 1.20. The Hall–Kier alpha value is -2.22. The summed E-state index contributed by atoms with van der Waals surface area (Å²) in [5.41, 5.74) is -0.918. The number of anilines is 1. The summed E-state index contributed by atoms with van der Waals surface area (Å²) < 4.78 is 38.4. The molecule has 1 heterocycles. The number of guanidine groups is 2. The van der Waals surface area contributed by atoms with Gasteiger partial charge in [0.2, 0.25) is 0 Å². The highest BCUT2D eigenvalue weighted by Crippen LogP contribution is 2.36. The molecule has 1 aromatic rings. The first-order valence-electron chi connectivity index (χ1n) is 6.75. The van der Waals surface area contributed by atoms with E-state index in [1.807, 2.05) is 12.2 Å². The topological polar surface area (TPSA) is 75.0 Å². The molecule has 9 heteroatoms. The molecule has 0 fully saturated rings. The molecule has 0 saturated carbocycles. The maximum atomic E-state index is 12.8. The predicted octanol–water partition coefficient (Wildman–Crippen LogP) is 3.49. The van der Waals surface area contributed by atoms with Crippen LogP contribution in [0.1, 0.15) is 12.0 Å². The Bertz CT molecular complexity index is 642. The van der Waals surface area contributed by atoms with Crippen molar-refractivity contribution in [2.24, 2.45) is 0 Å². The molecule has 0 bridgehead atoms. The van der Waals surface area contributed by atoms with Crippen molar-refractivity contribution in [2.75, 3.05) is 18.4 Å². The molecule has 0 amide bonds. The molecule has 5 nitrogen and oxygen atoms in total. The molecule has 0 aromatic heterocycles. The van der Waals surface area contributed by atoms with Gasteiger partial charge in [0.25, 0.3) is 0 Å². The van der Waals surface area contributed by atoms with E-state index in [-0.39, 0.29) is 17.6 Å². The summed E-state index contributed by atoms with van der Waals surface area (Å²) in [5, 5.41) is 20.2. The Kier molecular flexibility index (Phi) is 5.15. The minimum atomic E-state index is -4.57. The number of hydrogen-bond acceptors (Lipinski definition) is 2. The van der Waals surface area contributed by atoms with Crippen molar-refractivity contribution in [3.63, 3.8) is 0 Å². The zero-order chi connectivity index (χ0) is 17.0. The van der Waals surface area contributed by atoms with Crippen LogP contribution in [0, 0.1) is 10.8 Å². The van der Waals surface area contributed by atoms with Crippen molar-refractivity contribution >= 4 is 29.2 Å². The maximum absolute atomic E-state index is 12.8. The molecule has 0 spiro atoms. The molecule has 0 atom stereocenters. The van der Waals surface area contributed by atoms with Gasteiger partial charge in [-0.05, 0) is 24.6 Å². The molecular weight excluding hydrogens is 331 g/mol. The third kappa shape index (κ3) is 4.62. The van der Waals surface area contributed by atoms with Gasteiger partial charge in [0, 0.05) is 18.8 Å². The number of benzene rings is 1. The van der Waals surface area contributed by atoms with Crippen molar-refractivity contribution in [3.8, 4) is 0 Å². The Labute approximate surface area is 136 Å². The van der Waals surface area contributed by atoms with Crippen LogP contribution < -0.4 is 10.6 Å². The van der Waals surface area contributed by atoms with Crippen LogP contribution in [-0.2, 0) is 6.18 Å². The fourth-order valence-corrected chi connectivity index (χ4v) is 2.26. The van der Waals surface area contributed by atoms with Crippen molar-refractivity contribution < 1.29 is 13.2 Å². The van der Waals surface area contributed by atoms with Crippen molar-refractivity contribution in [2.45, 2.75) is 12.6 Å². The van der Waals surface area contributed by atoms with E-state index in [9.17, 15) is 13.2 Å². The van der Waals surface area contributed by atoms with Crippen LogP contribution in [-0.4, -0.2) is 29.9 Å². The average molecular weight is 346 g/mol. The molecule has 0 radical (unpaired) electrons. The van der Waals surface area contributed by atoms with Gasteiger partial charge >= 0.3 is 6.18 Å². The number of alkyl halides is 3. The summed E-state index contributed by atoms with van der Waals surface area (Å²) in [4.78, 5) is 1.71. The number of rotatable bonds is 1. The molecule has 2 rings (SSSR count). The number of nitrogens with one attached hydrogen (secondary N) is 4. The third-order valence-corrected chi connectivity index (χ3v) is 3.49. The zero-order valence-electron chi connectivity index (χ0n) is 12.0. The average Bonchev–Trinajstić information content (AvgIpc) is 2.49. The lowest BCUT2D eigenvalue weighted by molar-refractivity contribution is -0.137. The zero-order valence-corrected chi connectivity index (χ0v) is 12.7. The summed E-state index contributed by atoms with van der Waals surface area (Å²) in [6, 6.07) is 3.27. The minimum Gasteiger partial charge on any atom is -0.339 e. The van der Waals surface area contributed by atoms with Crippen LogP contribution in [0.3, 0.4) is 0 Å². The van der Waals surface area contributed by atoms with Crippen molar-refractivity contribution in [1.29, 1.82) is 10.8 Å². The Morgan fingerprint density at radius 2 is 1.96 bits per heavy atom.